The molecule has 0 saturated heterocycles. The zero-order valence-corrected chi connectivity index (χ0v) is 16.1. The predicted molar refractivity (Wildman–Crippen MR) is 103 cm³/mol. The Morgan fingerprint density at radius 3 is 2.56 bits per heavy atom. The van der Waals surface area contributed by atoms with E-state index in [2.05, 4.69) is 75.5 Å². The van der Waals surface area contributed by atoms with Crippen LogP contribution in [0.25, 0.3) is 0 Å². The Hall–Kier alpha value is -1.94. The molecule has 0 fully saturated rings. The molecular formula is C21H25NO2S. The Morgan fingerprint density at radius 1 is 1.16 bits per heavy atom. The van der Waals surface area contributed by atoms with Crippen LogP contribution in [0.2, 0.25) is 0 Å². The lowest BCUT2D eigenvalue weighted by molar-refractivity contribution is -0.119. The van der Waals surface area contributed by atoms with Crippen molar-refractivity contribution < 1.29 is 9.53 Å². The van der Waals surface area contributed by atoms with Crippen molar-refractivity contribution in [1.82, 2.24) is 5.32 Å². The normalized spacial score (nSPS) is 18.2. The van der Waals surface area contributed by atoms with E-state index in [1.807, 2.05) is 0 Å². The van der Waals surface area contributed by atoms with Crippen LogP contribution in [-0.2, 0) is 4.79 Å². The minimum atomic E-state index is -0.289. The fourth-order valence-corrected chi connectivity index (χ4v) is 3.82. The SMILES string of the molecule is Cc1ccc(SCC(=O)NC2CC(C)(C)Oc3cc(C)ccc32)cc1. The monoisotopic (exact) mass is 355 g/mol. The first-order valence-corrected chi connectivity index (χ1v) is 9.59. The zero-order valence-electron chi connectivity index (χ0n) is 15.3. The average Bonchev–Trinajstić information content (AvgIpc) is 2.52. The van der Waals surface area contributed by atoms with Gasteiger partial charge in [0.25, 0.3) is 0 Å². The van der Waals surface area contributed by atoms with E-state index >= 15 is 0 Å². The number of rotatable bonds is 4. The largest absolute Gasteiger partial charge is 0.487 e. The molecule has 1 unspecified atom stereocenters. The minimum absolute atomic E-state index is 0.00883. The molecule has 4 heteroatoms. The maximum absolute atomic E-state index is 12.5. The van der Waals surface area contributed by atoms with Gasteiger partial charge in [-0.1, -0.05) is 29.8 Å². The Kier molecular flexibility index (Phi) is 5.09. The second-order valence-corrected chi connectivity index (χ2v) is 8.38. The summed E-state index contributed by atoms with van der Waals surface area (Å²) in [5, 5.41) is 3.19. The summed E-state index contributed by atoms with van der Waals surface area (Å²) >= 11 is 1.57. The lowest BCUT2D eigenvalue weighted by Crippen LogP contribution is -2.41. The molecule has 1 N–H and O–H groups in total. The van der Waals surface area contributed by atoms with Crippen molar-refractivity contribution in [3.05, 3.63) is 59.2 Å². The van der Waals surface area contributed by atoms with Crippen molar-refractivity contribution in [2.45, 2.75) is 50.7 Å². The summed E-state index contributed by atoms with van der Waals surface area (Å²) in [5.74, 6) is 1.36. The number of thioether (sulfide) groups is 1. The van der Waals surface area contributed by atoms with Crippen LogP contribution < -0.4 is 10.1 Å². The molecular weight excluding hydrogens is 330 g/mol. The molecule has 0 radical (unpaired) electrons. The highest BCUT2D eigenvalue weighted by molar-refractivity contribution is 8.00. The smallest absolute Gasteiger partial charge is 0.230 e. The van der Waals surface area contributed by atoms with Crippen molar-refractivity contribution in [2.75, 3.05) is 5.75 Å². The molecule has 1 amide bonds. The quantitative estimate of drug-likeness (QED) is 0.800. The molecule has 0 saturated carbocycles. The van der Waals surface area contributed by atoms with Gasteiger partial charge in [-0.25, -0.2) is 0 Å². The number of hydrogen-bond acceptors (Lipinski definition) is 3. The van der Waals surface area contributed by atoms with Gasteiger partial charge >= 0.3 is 0 Å². The lowest BCUT2D eigenvalue weighted by Gasteiger charge is -2.38. The van der Waals surface area contributed by atoms with Crippen LogP contribution in [0.5, 0.6) is 5.75 Å². The maximum atomic E-state index is 12.5. The fraction of sp³-hybridized carbons (Fsp3) is 0.381. The van der Waals surface area contributed by atoms with E-state index in [4.69, 9.17) is 4.74 Å². The lowest BCUT2D eigenvalue weighted by atomic mass is 9.89. The Balaban J connectivity index is 1.67. The van der Waals surface area contributed by atoms with E-state index in [-0.39, 0.29) is 17.6 Å². The van der Waals surface area contributed by atoms with E-state index in [1.54, 1.807) is 11.8 Å². The van der Waals surface area contributed by atoms with E-state index in [9.17, 15) is 4.79 Å². The third-order valence-electron chi connectivity index (χ3n) is 4.35. The van der Waals surface area contributed by atoms with Crippen molar-refractivity contribution in [2.24, 2.45) is 0 Å². The van der Waals surface area contributed by atoms with E-state index in [0.717, 1.165) is 28.2 Å². The molecule has 2 aromatic rings. The summed E-state index contributed by atoms with van der Waals surface area (Å²) in [6.07, 6.45) is 0.768. The first kappa shape index (κ1) is 17.9. The number of nitrogens with one attached hydrogen (secondary N) is 1. The van der Waals surface area contributed by atoms with Gasteiger partial charge < -0.3 is 10.1 Å². The summed E-state index contributed by atoms with van der Waals surface area (Å²) in [7, 11) is 0. The molecule has 0 aromatic heterocycles. The summed E-state index contributed by atoms with van der Waals surface area (Å²) in [6, 6.07) is 14.4. The predicted octanol–water partition coefficient (Wildman–Crippen LogP) is 4.81. The number of hydrogen-bond donors (Lipinski definition) is 1. The number of ether oxygens (including phenoxy) is 1. The van der Waals surface area contributed by atoms with Gasteiger partial charge in [-0.3, -0.25) is 4.79 Å². The molecule has 3 nitrogen and oxygen atoms in total. The number of fused-ring (bicyclic) bond motifs is 1. The topological polar surface area (TPSA) is 38.3 Å². The molecule has 1 heterocycles. The van der Waals surface area contributed by atoms with Crippen LogP contribution >= 0.6 is 11.8 Å². The van der Waals surface area contributed by atoms with E-state index in [0.29, 0.717) is 5.75 Å². The highest BCUT2D eigenvalue weighted by atomic mass is 32.2. The van der Waals surface area contributed by atoms with E-state index in [1.165, 1.54) is 5.56 Å². The zero-order chi connectivity index (χ0) is 18.0. The number of carbonyl (C=O) groups excluding carboxylic acids is 1. The van der Waals surface area contributed by atoms with Gasteiger partial charge in [-0.05, 0) is 51.5 Å². The van der Waals surface area contributed by atoms with Crippen LogP contribution in [-0.4, -0.2) is 17.3 Å². The van der Waals surface area contributed by atoms with Crippen LogP contribution in [0.3, 0.4) is 0 Å². The summed E-state index contributed by atoms with van der Waals surface area (Å²) in [5.41, 5.74) is 3.17. The fourth-order valence-electron chi connectivity index (χ4n) is 3.11. The molecule has 132 valence electrons. The summed E-state index contributed by atoms with van der Waals surface area (Å²) < 4.78 is 6.10. The van der Waals surface area contributed by atoms with Gasteiger partial charge in [-0.15, -0.1) is 11.8 Å². The number of amides is 1. The number of aryl methyl sites for hydroxylation is 2. The van der Waals surface area contributed by atoms with Gasteiger partial charge in [0.1, 0.15) is 11.4 Å². The van der Waals surface area contributed by atoms with Crippen LogP contribution in [0.4, 0.5) is 0 Å². The van der Waals surface area contributed by atoms with Gasteiger partial charge in [0.15, 0.2) is 0 Å². The van der Waals surface area contributed by atoms with Crippen molar-refractivity contribution in [3.8, 4) is 5.75 Å². The second kappa shape index (κ2) is 7.12. The summed E-state index contributed by atoms with van der Waals surface area (Å²) in [4.78, 5) is 13.6. The highest BCUT2D eigenvalue weighted by Gasteiger charge is 2.34. The van der Waals surface area contributed by atoms with Crippen LogP contribution in [0, 0.1) is 13.8 Å². The number of carbonyl (C=O) groups is 1. The van der Waals surface area contributed by atoms with Gasteiger partial charge in [0, 0.05) is 16.9 Å². The molecule has 2 aromatic carbocycles. The second-order valence-electron chi connectivity index (χ2n) is 7.33. The molecule has 1 aliphatic heterocycles. The first-order valence-electron chi connectivity index (χ1n) is 8.61. The molecule has 0 bridgehead atoms. The molecule has 25 heavy (non-hydrogen) atoms. The maximum Gasteiger partial charge on any atom is 0.230 e. The average molecular weight is 356 g/mol. The molecule has 0 spiro atoms. The van der Waals surface area contributed by atoms with E-state index < -0.39 is 0 Å². The van der Waals surface area contributed by atoms with Crippen LogP contribution in [0.1, 0.15) is 43.0 Å². The standard InChI is InChI=1S/C21H25NO2S/c1-14-5-8-16(9-6-14)25-13-20(23)22-18-12-21(3,4)24-19-11-15(2)7-10-17(18)19/h5-11,18H,12-13H2,1-4H3,(H,22,23). The highest BCUT2D eigenvalue weighted by Crippen LogP contribution is 2.39. The van der Waals surface area contributed by atoms with Crippen molar-refractivity contribution in [1.29, 1.82) is 0 Å². The third-order valence-corrected chi connectivity index (χ3v) is 5.36. The van der Waals surface area contributed by atoms with Crippen molar-refractivity contribution >= 4 is 17.7 Å². The molecule has 1 atom stereocenters. The van der Waals surface area contributed by atoms with Crippen LogP contribution in [0.15, 0.2) is 47.4 Å². The number of benzene rings is 2. The Morgan fingerprint density at radius 2 is 1.84 bits per heavy atom. The Bertz CT molecular complexity index is 768. The van der Waals surface area contributed by atoms with Gasteiger partial charge in [-0.2, -0.15) is 0 Å². The van der Waals surface area contributed by atoms with Gasteiger partial charge in [0.2, 0.25) is 5.91 Å². The summed E-state index contributed by atoms with van der Waals surface area (Å²) in [6.45, 7) is 8.25. The Labute approximate surface area is 154 Å². The third kappa shape index (κ3) is 4.57. The van der Waals surface area contributed by atoms with Gasteiger partial charge in [0.05, 0.1) is 11.8 Å². The van der Waals surface area contributed by atoms with Crippen molar-refractivity contribution in [3.63, 3.8) is 0 Å². The molecule has 1 aliphatic rings. The first-order chi connectivity index (χ1) is 11.8. The molecule has 0 aliphatic carbocycles. The molecule has 3 rings (SSSR count). The minimum Gasteiger partial charge on any atom is -0.487 e.